The molecule has 8 heteroatoms. The molecule has 2 aromatic carbocycles. The minimum atomic E-state index is -0.350. The van der Waals surface area contributed by atoms with Crippen LogP contribution in [0.5, 0.6) is 0 Å². The third-order valence-electron chi connectivity index (χ3n) is 5.00. The summed E-state index contributed by atoms with van der Waals surface area (Å²) in [6, 6.07) is 8.90. The molecule has 0 amide bonds. The van der Waals surface area contributed by atoms with Gasteiger partial charge in [-0.3, -0.25) is 0 Å². The van der Waals surface area contributed by atoms with Crippen molar-refractivity contribution in [1.82, 2.24) is 9.71 Å². The van der Waals surface area contributed by atoms with Crippen LogP contribution >= 0.6 is 34.8 Å². The number of anilines is 2. The number of nitrogens with one attached hydrogen (secondary N) is 1. The summed E-state index contributed by atoms with van der Waals surface area (Å²) >= 11 is 18.8. The highest BCUT2D eigenvalue weighted by molar-refractivity contribution is 6.36. The number of hydrogen-bond donors (Lipinski definition) is 1. The molecule has 0 atom stereocenters. The van der Waals surface area contributed by atoms with Gasteiger partial charge in [-0.25, -0.2) is 9.78 Å². The lowest BCUT2D eigenvalue weighted by atomic mass is 9.93. The number of nitrogens with zero attached hydrogens (tertiary/aromatic N) is 2. The van der Waals surface area contributed by atoms with Crippen LogP contribution in [0.15, 0.2) is 30.3 Å². The number of rotatable bonds is 8. The third-order valence-corrected chi connectivity index (χ3v) is 5.85. The van der Waals surface area contributed by atoms with Crippen molar-refractivity contribution in [1.29, 1.82) is 0 Å². The van der Waals surface area contributed by atoms with Crippen molar-refractivity contribution in [3.63, 3.8) is 0 Å². The van der Waals surface area contributed by atoms with Crippen molar-refractivity contribution in [3.05, 3.63) is 51.0 Å². The number of carbonyl (C=O) groups excluding carboxylic acids is 1. The highest BCUT2D eigenvalue weighted by Gasteiger charge is 2.23. The van der Waals surface area contributed by atoms with Gasteiger partial charge in [-0.1, -0.05) is 61.6 Å². The maximum atomic E-state index is 12.4. The molecule has 0 bridgehead atoms. The van der Waals surface area contributed by atoms with E-state index in [1.807, 2.05) is 19.1 Å². The maximum Gasteiger partial charge on any atom is 0.333 e. The SMILES string of the molecule is CCCC(=O)On1c(Nc2ccc(Cl)cc2Cl)nc2c(Cl)ccc(C(CC)CC)c21. The first-order valence-corrected chi connectivity index (χ1v) is 11.2. The molecule has 1 N–H and O–H groups in total. The van der Waals surface area contributed by atoms with Gasteiger partial charge in [0.25, 0.3) is 0 Å². The highest BCUT2D eigenvalue weighted by atomic mass is 35.5. The number of imidazole rings is 1. The smallest absolute Gasteiger partial charge is 0.333 e. The number of halogens is 3. The molecular formula is C22H24Cl3N3O2. The molecule has 30 heavy (non-hydrogen) atoms. The number of aromatic nitrogens is 2. The Hall–Kier alpha value is -1.95. The van der Waals surface area contributed by atoms with E-state index in [9.17, 15) is 4.79 Å². The lowest BCUT2D eigenvalue weighted by Crippen LogP contribution is -2.21. The monoisotopic (exact) mass is 467 g/mol. The first kappa shape index (κ1) is 22.7. The molecular weight excluding hydrogens is 445 g/mol. The number of benzene rings is 2. The van der Waals surface area contributed by atoms with Gasteiger partial charge < -0.3 is 10.2 Å². The van der Waals surface area contributed by atoms with Crippen LogP contribution in [-0.4, -0.2) is 15.7 Å². The average Bonchev–Trinajstić information content (AvgIpc) is 3.06. The first-order chi connectivity index (χ1) is 14.4. The summed E-state index contributed by atoms with van der Waals surface area (Å²) in [5.74, 6) is 0.244. The quantitative estimate of drug-likeness (QED) is 0.374. The Morgan fingerprint density at radius 2 is 1.83 bits per heavy atom. The molecule has 1 aromatic heterocycles. The van der Waals surface area contributed by atoms with E-state index in [4.69, 9.17) is 39.6 Å². The van der Waals surface area contributed by atoms with E-state index in [1.54, 1.807) is 18.2 Å². The van der Waals surface area contributed by atoms with E-state index in [2.05, 4.69) is 24.1 Å². The van der Waals surface area contributed by atoms with Crippen LogP contribution in [0.1, 0.15) is 57.9 Å². The van der Waals surface area contributed by atoms with Crippen molar-refractivity contribution in [3.8, 4) is 0 Å². The zero-order chi connectivity index (χ0) is 21.8. The van der Waals surface area contributed by atoms with Gasteiger partial charge in [-0.2, -0.15) is 0 Å². The standard InChI is InChI=1S/C22H24Cl3N3O2/c1-4-7-19(29)30-28-21-15(13(5-2)6-3)9-10-16(24)20(21)27-22(28)26-18-11-8-14(23)12-17(18)25/h8-13H,4-7H2,1-3H3,(H,26,27). The molecule has 0 saturated heterocycles. The van der Waals surface area contributed by atoms with Crippen LogP contribution in [0.4, 0.5) is 11.6 Å². The van der Waals surface area contributed by atoms with Crippen molar-refractivity contribution < 1.29 is 9.63 Å². The van der Waals surface area contributed by atoms with Crippen molar-refractivity contribution >= 4 is 63.4 Å². The van der Waals surface area contributed by atoms with Gasteiger partial charge >= 0.3 is 5.97 Å². The predicted molar refractivity (Wildman–Crippen MR) is 124 cm³/mol. The second kappa shape index (κ2) is 9.90. The number of hydrogen-bond acceptors (Lipinski definition) is 4. The van der Waals surface area contributed by atoms with E-state index in [0.29, 0.717) is 50.6 Å². The fourth-order valence-electron chi connectivity index (χ4n) is 3.44. The molecule has 0 spiro atoms. The summed E-state index contributed by atoms with van der Waals surface area (Å²) in [5.41, 5.74) is 2.88. The Balaban J connectivity index is 2.21. The van der Waals surface area contributed by atoms with E-state index in [0.717, 1.165) is 18.4 Å². The van der Waals surface area contributed by atoms with E-state index >= 15 is 0 Å². The topological polar surface area (TPSA) is 56.1 Å². The fourth-order valence-corrected chi connectivity index (χ4v) is 4.09. The zero-order valence-electron chi connectivity index (χ0n) is 17.1. The Morgan fingerprint density at radius 3 is 2.47 bits per heavy atom. The normalized spacial score (nSPS) is 11.3. The first-order valence-electron chi connectivity index (χ1n) is 10.0. The van der Waals surface area contributed by atoms with Gasteiger partial charge in [0.15, 0.2) is 0 Å². The molecule has 0 aliphatic carbocycles. The Kier molecular flexibility index (Phi) is 7.50. The zero-order valence-corrected chi connectivity index (χ0v) is 19.4. The maximum absolute atomic E-state index is 12.4. The number of fused-ring (bicyclic) bond motifs is 1. The van der Waals surface area contributed by atoms with Gasteiger partial charge in [-0.15, -0.1) is 4.73 Å². The summed E-state index contributed by atoms with van der Waals surface area (Å²) in [4.78, 5) is 22.8. The molecule has 5 nitrogen and oxygen atoms in total. The van der Waals surface area contributed by atoms with Gasteiger partial charge in [0.05, 0.1) is 15.7 Å². The van der Waals surface area contributed by atoms with Gasteiger partial charge in [0.2, 0.25) is 5.95 Å². The van der Waals surface area contributed by atoms with Gasteiger partial charge in [-0.05, 0) is 55.0 Å². The summed E-state index contributed by atoms with van der Waals surface area (Å²) in [5, 5.41) is 4.59. The Labute approximate surface area is 191 Å². The van der Waals surface area contributed by atoms with Crippen LogP contribution < -0.4 is 10.2 Å². The second-order valence-electron chi connectivity index (χ2n) is 7.04. The lowest BCUT2D eigenvalue weighted by molar-refractivity contribution is -0.143. The van der Waals surface area contributed by atoms with Crippen LogP contribution in [0.25, 0.3) is 11.0 Å². The molecule has 0 saturated carbocycles. The molecule has 0 fully saturated rings. The fraction of sp³-hybridized carbons (Fsp3) is 0.364. The molecule has 0 aliphatic heterocycles. The minimum absolute atomic E-state index is 0.275. The van der Waals surface area contributed by atoms with Crippen LogP contribution in [0.3, 0.4) is 0 Å². The van der Waals surface area contributed by atoms with E-state index in [1.165, 1.54) is 4.73 Å². The van der Waals surface area contributed by atoms with E-state index in [-0.39, 0.29) is 11.9 Å². The Morgan fingerprint density at radius 1 is 1.10 bits per heavy atom. The lowest BCUT2D eigenvalue weighted by Gasteiger charge is -2.17. The third kappa shape index (κ3) is 4.69. The minimum Gasteiger partial charge on any atom is -0.333 e. The summed E-state index contributed by atoms with van der Waals surface area (Å²) in [6.07, 6.45) is 2.85. The number of carbonyl (C=O) groups is 1. The van der Waals surface area contributed by atoms with Gasteiger partial charge in [0, 0.05) is 11.4 Å². The molecule has 0 radical (unpaired) electrons. The summed E-state index contributed by atoms with van der Waals surface area (Å²) < 4.78 is 1.44. The largest absolute Gasteiger partial charge is 0.333 e. The summed E-state index contributed by atoms with van der Waals surface area (Å²) in [6.45, 7) is 6.18. The van der Waals surface area contributed by atoms with Crippen LogP contribution in [0.2, 0.25) is 15.1 Å². The second-order valence-corrected chi connectivity index (χ2v) is 8.29. The van der Waals surface area contributed by atoms with Crippen LogP contribution in [-0.2, 0) is 4.79 Å². The Bertz CT molecular complexity index is 1060. The molecule has 0 unspecified atom stereocenters. The molecule has 1 heterocycles. The molecule has 0 aliphatic rings. The average molecular weight is 469 g/mol. The van der Waals surface area contributed by atoms with E-state index < -0.39 is 0 Å². The molecule has 3 rings (SSSR count). The molecule has 160 valence electrons. The van der Waals surface area contributed by atoms with Crippen molar-refractivity contribution in [2.75, 3.05) is 5.32 Å². The molecule has 3 aromatic rings. The van der Waals surface area contributed by atoms with Crippen LogP contribution in [0, 0.1) is 0 Å². The summed E-state index contributed by atoms with van der Waals surface area (Å²) in [7, 11) is 0. The highest BCUT2D eigenvalue weighted by Crippen LogP contribution is 2.36. The van der Waals surface area contributed by atoms with Crippen molar-refractivity contribution in [2.45, 2.75) is 52.4 Å². The van der Waals surface area contributed by atoms with Crippen molar-refractivity contribution in [2.24, 2.45) is 0 Å². The van der Waals surface area contributed by atoms with Gasteiger partial charge in [0.1, 0.15) is 11.0 Å². The predicted octanol–water partition coefficient (Wildman–Crippen LogP) is 7.40.